The van der Waals surface area contributed by atoms with Crippen LogP contribution in [-0.4, -0.2) is 43.5 Å². The average molecular weight is 346 g/mol. The fraction of sp³-hybridized carbons (Fsp3) is 0.222. The Bertz CT molecular complexity index is 811. The molecule has 1 aliphatic heterocycles. The van der Waals surface area contributed by atoms with Crippen molar-refractivity contribution in [1.29, 1.82) is 0 Å². The minimum absolute atomic E-state index is 0.0677. The summed E-state index contributed by atoms with van der Waals surface area (Å²) in [7, 11) is 1.27. The Kier molecular flexibility index (Phi) is 4.65. The van der Waals surface area contributed by atoms with Crippen molar-refractivity contribution >= 4 is 17.5 Å². The second-order valence-corrected chi connectivity index (χ2v) is 5.55. The number of anilines is 1. The van der Waals surface area contributed by atoms with E-state index >= 15 is 0 Å². The van der Waals surface area contributed by atoms with Gasteiger partial charge in [-0.15, -0.1) is 0 Å². The van der Waals surface area contributed by atoms with E-state index in [1.807, 2.05) is 18.2 Å². The number of hydrogen-bond donors (Lipinski definition) is 0. The molecule has 2 aromatic rings. The molecule has 130 valence electrons. The first-order chi connectivity index (χ1) is 12.0. The number of rotatable bonds is 3. The van der Waals surface area contributed by atoms with Gasteiger partial charge in [0.05, 0.1) is 7.11 Å². The third-order valence-electron chi connectivity index (χ3n) is 4.07. The topological polar surface area (TPSA) is 49.9 Å². The Morgan fingerprint density at radius 2 is 1.80 bits per heavy atom. The van der Waals surface area contributed by atoms with Gasteiger partial charge in [-0.25, -0.2) is 8.78 Å². The van der Waals surface area contributed by atoms with Crippen molar-refractivity contribution in [2.75, 3.05) is 31.6 Å². The van der Waals surface area contributed by atoms with Crippen LogP contribution in [0.25, 0.3) is 0 Å². The first-order valence-electron chi connectivity index (χ1n) is 7.69. The normalized spacial score (nSPS) is 14.6. The predicted molar refractivity (Wildman–Crippen MR) is 87.6 cm³/mol. The summed E-state index contributed by atoms with van der Waals surface area (Å²) in [4.78, 5) is 27.7. The number of piperazine rings is 1. The molecule has 1 fully saturated rings. The molecule has 0 N–H and O–H groups in total. The first-order valence-corrected chi connectivity index (χ1v) is 7.69. The Balaban J connectivity index is 1.82. The Morgan fingerprint density at radius 1 is 1.08 bits per heavy atom. The van der Waals surface area contributed by atoms with Crippen LogP contribution in [0.5, 0.6) is 5.75 Å². The third kappa shape index (κ3) is 3.17. The maximum atomic E-state index is 14.1. The van der Waals surface area contributed by atoms with Crippen molar-refractivity contribution in [1.82, 2.24) is 4.90 Å². The molecule has 1 aliphatic rings. The molecule has 0 bridgehead atoms. The third-order valence-corrected chi connectivity index (χ3v) is 4.07. The van der Waals surface area contributed by atoms with Crippen molar-refractivity contribution in [2.45, 2.75) is 0 Å². The summed E-state index contributed by atoms with van der Waals surface area (Å²) in [5.74, 6) is -3.54. The molecule has 0 aliphatic carbocycles. The number of carbonyl (C=O) groups is 2. The smallest absolute Gasteiger partial charge is 0.261 e. The van der Waals surface area contributed by atoms with Gasteiger partial charge in [0.15, 0.2) is 11.6 Å². The highest BCUT2D eigenvalue weighted by Crippen LogP contribution is 2.26. The lowest BCUT2D eigenvalue weighted by Gasteiger charge is -2.34. The average Bonchev–Trinajstić information content (AvgIpc) is 2.64. The van der Waals surface area contributed by atoms with E-state index in [1.54, 1.807) is 17.0 Å². The van der Waals surface area contributed by atoms with E-state index in [1.165, 1.54) is 18.1 Å². The molecule has 2 amide bonds. The van der Waals surface area contributed by atoms with Crippen LogP contribution in [0.4, 0.5) is 14.5 Å². The number of para-hydroxylation sites is 1. The van der Waals surface area contributed by atoms with Gasteiger partial charge in [0.1, 0.15) is 17.9 Å². The van der Waals surface area contributed by atoms with Crippen molar-refractivity contribution in [3.8, 4) is 5.75 Å². The number of benzene rings is 2. The van der Waals surface area contributed by atoms with Crippen molar-refractivity contribution < 1.29 is 23.1 Å². The Labute approximate surface area is 143 Å². The van der Waals surface area contributed by atoms with Gasteiger partial charge in [0.25, 0.3) is 5.91 Å². The van der Waals surface area contributed by atoms with Crippen LogP contribution in [-0.2, 0) is 4.79 Å². The quantitative estimate of drug-likeness (QED) is 0.858. The van der Waals surface area contributed by atoms with Gasteiger partial charge in [0.2, 0.25) is 5.91 Å². The van der Waals surface area contributed by atoms with E-state index in [4.69, 9.17) is 4.74 Å². The van der Waals surface area contributed by atoms with Crippen molar-refractivity contribution in [3.05, 3.63) is 59.7 Å². The molecule has 0 atom stereocenters. The van der Waals surface area contributed by atoms with Gasteiger partial charge < -0.3 is 14.5 Å². The fourth-order valence-electron chi connectivity index (χ4n) is 2.79. The lowest BCUT2D eigenvalue weighted by atomic mass is 10.1. The lowest BCUT2D eigenvalue weighted by Crippen LogP contribution is -2.52. The molecule has 5 nitrogen and oxygen atoms in total. The molecule has 3 rings (SSSR count). The zero-order valence-corrected chi connectivity index (χ0v) is 13.5. The predicted octanol–water partition coefficient (Wildman–Crippen LogP) is 2.46. The molecule has 0 aromatic heterocycles. The minimum Gasteiger partial charge on any atom is -0.496 e. The molecular weight excluding hydrogens is 330 g/mol. The first kappa shape index (κ1) is 16.9. The zero-order chi connectivity index (χ0) is 18.0. The number of carbonyl (C=O) groups excluding carboxylic acids is 2. The molecule has 0 unspecified atom stereocenters. The highest BCUT2D eigenvalue weighted by Gasteiger charge is 2.32. The van der Waals surface area contributed by atoms with Gasteiger partial charge in [-0.05, 0) is 24.3 Å². The number of methoxy groups -OCH3 is 1. The van der Waals surface area contributed by atoms with Crippen LogP contribution in [0.1, 0.15) is 10.4 Å². The summed E-state index contributed by atoms with van der Waals surface area (Å²) >= 11 is 0. The highest BCUT2D eigenvalue weighted by atomic mass is 19.2. The molecular formula is C18H16F2N2O3. The molecule has 0 spiro atoms. The molecule has 0 radical (unpaired) electrons. The number of amides is 2. The highest BCUT2D eigenvalue weighted by molar-refractivity contribution is 6.03. The lowest BCUT2D eigenvalue weighted by molar-refractivity contribution is -0.120. The van der Waals surface area contributed by atoms with Crippen LogP contribution in [0.15, 0.2) is 42.5 Å². The van der Waals surface area contributed by atoms with E-state index in [9.17, 15) is 18.4 Å². The van der Waals surface area contributed by atoms with Gasteiger partial charge in [0, 0.05) is 18.8 Å². The Hall–Kier alpha value is -2.96. The van der Waals surface area contributed by atoms with E-state index in [0.29, 0.717) is 0 Å². The summed E-state index contributed by atoms with van der Waals surface area (Å²) in [5.41, 5.74) is 0.234. The van der Waals surface area contributed by atoms with Crippen molar-refractivity contribution in [2.24, 2.45) is 0 Å². The molecule has 7 heteroatoms. The minimum atomic E-state index is -1.28. The van der Waals surface area contributed by atoms with Crippen LogP contribution in [0.2, 0.25) is 0 Å². The second kappa shape index (κ2) is 6.88. The molecule has 0 saturated carbocycles. The summed E-state index contributed by atoms with van der Waals surface area (Å²) in [6.07, 6.45) is 0. The molecule has 1 saturated heterocycles. The van der Waals surface area contributed by atoms with Gasteiger partial charge in [-0.1, -0.05) is 18.2 Å². The standard InChI is InChI=1S/C18H16F2N2O3/c1-25-14-8-7-13(19)17(20)16(14)18(24)21-9-10-22(15(23)11-21)12-5-3-2-4-6-12/h2-8H,9-11H2,1H3. The largest absolute Gasteiger partial charge is 0.496 e. The SMILES string of the molecule is COc1ccc(F)c(F)c1C(=O)N1CCN(c2ccccc2)C(=O)C1. The summed E-state index contributed by atoms with van der Waals surface area (Å²) in [5, 5.41) is 0. The summed E-state index contributed by atoms with van der Waals surface area (Å²) in [6.45, 7) is 0.263. The fourth-order valence-corrected chi connectivity index (χ4v) is 2.79. The number of nitrogens with zero attached hydrogens (tertiary/aromatic N) is 2. The summed E-state index contributed by atoms with van der Waals surface area (Å²) < 4.78 is 32.6. The van der Waals surface area contributed by atoms with Crippen LogP contribution in [0, 0.1) is 11.6 Å². The Morgan fingerprint density at radius 3 is 2.44 bits per heavy atom. The van der Waals surface area contributed by atoms with Gasteiger partial charge in [-0.3, -0.25) is 9.59 Å². The van der Waals surface area contributed by atoms with Crippen molar-refractivity contribution in [3.63, 3.8) is 0 Å². The second-order valence-electron chi connectivity index (χ2n) is 5.55. The van der Waals surface area contributed by atoms with Gasteiger partial charge >= 0.3 is 0 Å². The van der Waals surface area contributed by atoms with E-state index in [2.05, 4.69) is 0 Å². The molecule has 25 heavy (non-hydrogen) atoms. The van der Waals surface area contributed by atoms with Crippen LogP contribution >= 0.6 is 0 Å². The number of halogens is 2. The van der Waals surface area contributed by atoms with Crippen LogP contribution < -0.4 is 9.64 Å². The molecule has 2 aromatic carbocycles. The number of ether oxygens (including phenoxy) is 1. The zero-order valence-electron chi connectivity index (χ0n) is 13.5. The van der Waals surface area contributed by atoms with E-state index in [-0.39, 0.29) is 31.3 Å². The maximum Gasteiger partial charge on any atom is 0.261 e. The van der Waals surface area contributed by atoms with Gasteiger partial charge in [-0.2, -0.15) is 0 Å². The number of hydrogen-bond acceptors (Lipinski definition) is 3. The monoisotopic (exact) mass is 346 g/mol. The van der Waals surface area contributed by atoms with E-state index < -0.39 is 23.1 Å². The molecule has 1 heterocycles. The van der Waals surface area contributed by atoms with Crippen LogP contribution in [0.3, 0.4) is 0 Å². The maximum absolute atomic E-state index is 14.1. The van der Waals surface area contributed by atoms with E-state index in [0.717, 1.165) is 11.8 Å². The summed E-state index contributed by atoms with van der Waals surface area (Å²) in [6, 6.07) is 11.1.